The van der Waals surface area contributed by atoms with Gasteiger partial charge in [0, 0.05) is 31.0 Å². The topological polar surface area (TPSA) is 49.4 Å². The van der Waals surface area contributed by atoms with E-state index in [1.165, 1.54) is 6.42 Å². The highest BCUT2D eigenvalue weighted by Gasteiger charge is 2.37. The molecule has 27 heavy (non-hydrogen) atoms. The van der Waals surface area contributed by atoms with E-state index >= 15 is 0 Å². The van der Waals surface area contributed by atoms with E-state index in [-0.39, 0.29) is 35.1 Å². The lowest BCUT2D eigenvalue weighted by Crippen LogP contribution is -2.47. The molecule has 4 heteroatoms. The monoisotopic (exact) mass is 374 g/mol. The molecule has 0 spiro atoms. The highest BCUT2D eigenvalue weighted by Crippen LogP contribution is 2.40. The average Bonchev–Trinajstić information content (AvgIpc) is 3.12. The van der Waals surface area contributed by atoms with Crippen LogP contribution in [-0.2, 0) is 9.59 Å². The number of nitrogens with zero attached hydrogens (tertiary/aromatic N) is 1. The lowest BCUT2D eigenvalue weighted by molar-refractivity contribution is -0.137. The Balaban J connectivity index is 1.48. The van der Waals surface area contributed by atoms with E-state index in [1.54, 1.807) is 0 Å². The third-order valence-corrected chi connectivity index (χ3v) is 6.83. The van der Waals surface area contributed by atoms with Crippen LogP contribution in [0.1, 0.15) is 72.6 Å². The SMILES string of the molecule is CC(CCC(C)(C)C)C(=O)N1CCC[C@@H]1CNC(=O)[C@@H]1C[C@@H]2C=C[C@H]1CC2. The Morgan fingerprint density at radius 3 is 2.56 bits per heavy atom. The first-order chi connectivity index (χ1) is 12.7. The van der Waals surface area contributed by atoms with E-state index in [4.69, 9.17) is 0 Å². The van der Waals surface area contributed by atoms with Gasteiger partial charge in [0.2, 0.25) is 11.8 Å². The van der Waals surface area contributed by atoms with Crippen molar-refractivity contribution in [2.75, 3.05) is 13.1 Å². The van der Waals surface area contributed by atoms with Gasteiger partial charge in [0.25, 0.3) is 0 Å². The maximum atomic E-state index is 12.9. The van der Waals surface area contributed by atoms with Gasteiger partial charge in [-0.3, -0.25) is 9.59 Å². The van der Waals surface area contributed by atoms with Crippen molar-refractivity contribution in [1.82, 2.24) is 10.2 Å². The van der Waals surface area contributed by atoms with Crippen LogP contribution in [0.4, 0.5) is 0 Å². The predicted octanol–water partition coefficient (Wildman–Crippen LogP) is 4.16. The summed E-state index contributed by atoms with van der Waals surface area (Å²) < 4.78 is 0. The van der Waals surface area contributed by atoms with Crippen LogP contribution in [0.3, 0.4) is 0 Å². The number of hydrogen-bond acceptors (Lipinski definition) is 2. The molecule has 1 aliphatic heterocycles. The van der Waals surface area contributed by atoms with Gasteiger partial charge in [0.05, 0.1) is 0 Å². The van der Waals surface area contributed by atoms with Crippen LogP contribution in [0.5, 0.6) is 0 Å². The molecule has 1 saturated carbocycles. The number of rotatable bonds is 6. The second-order valence-electron chi connectivity index (χ2n) is 10.3. The molecule has 1 unspecified atom stereocenters. The first-order valence-electron chi connectivity index (χ1n) is 11.0. The molecule has 1 heterocycles. The summed E-state index contributed by atoms with van der Waals surface area (Å²) in [6, 6.07) is 0.176. The molecule has 3 aliphatic carbocycles. The van der Waals surface area contributed by atoms with Crippen molar-refractivity contribution in [3.63, 3.8) is 0 Å². The van der Waals surface area contributed by atoms with Crippen molar-refractivity contribution in [2.45, 2.75) is 78.7 Å². The molecule has 1 saturated heterocycles. The number of carbonyl (C=O) groups is 2. The molecule has 0 aromatic rings. The molecule has 0 aromatic heterocycles. The van der Waals surface area contributed by atoms with Gasteiger partial charge in [-0.25, -0.2) is 0 Å². The number of nitrogens with one attached hydrogen (secondary N) is 1. The van der Waals surface area contributed by atoms with Gasteiger partial charge in [0.1, 0.15) is 0 Å². The smallest absolute Gasteiger partial charge is 0.225 e. The second kappa shape index (κ2) is 8.36. The van der Waals surface area contributed by atoms with Crippen LogP contribution in [0.25, 0.3) is 0 Å². The first-order valence-corrected chi connectivity index (χ1v) is 11.0. The van der Waals surface area contributed by atoms with E-state index < -0.39 is 0 Å². The van der Waals surface area contributed by atoms with E-state index in [1.807, 2.05) is 4.90 Å². The minimum absolute atomic E-state index is 0.0692. The number of amides is 2. The summed E-state index contributed by atoms with van der Waals surface area (Å²) >= 11 is 0. The molecule has 2 fully saturated rings. The standard InChI is InChI=1S/C23H38N2O2/c1-16(11-12-23(2,3)4)22(27)25-13-5-6-19(25)15-24-21(26)20-14-17-7-9-18(20)10-8-17/h7,9,16-20H,5-6,8,10-15H2,1-4H3,(H,24,26)/t16?,17-,18+,19-,20-/m1/s1. The number of likely N-dealkylation sites (tertiary alicyclic amines) is 1. The van der Waals surface area contributed by atoms with E-state index in [0.717, 1.165) is 45.1 Å². The molecule has 4 aliphatic rings. The van der Waals surface area contributed by atoms with Gasteiger partial charge in [0.15, 0.2) is 0 Å². The summed E-state index contributed by atoms with van der Waals surface area (Å²) in [5.74, 6) is 1.71. The maximum Gasteiger partial charge on any atom is 0.225 e. The van der Waals surface area contributed by atoms with Crippen LogP contribution < -0.4 is 5.32 Å². The molecule has 2 bridgehead atoms. The van der Waals surface area contributed by atoms with Crippen molar-refractivity contribution < 1.29 is 9.59 Å². The van der Waals surface area contributed by atoms with Crippen molar-refractivity contribution in [1.29, 1.82) is 0 Å². The lowest BCUT2D eigenvalue weighted by atomic mass is 9.69. The summed E-state index contributed by atoms with van der Waals surface area (Å²) in [6.07, 6.45) is 12.0. The summed E-state index contributed by atoms with van der Waals surface area (Å²) in [4.78, 5) is 27.7. The number of allylic oxidation sites excluding steroid dienone is 2. The predicted molar refractivity (Wildman–Crippen MR) is 109 cm³/mol. The minimum Gasteiger partial charge on any atom is -0.354 e. The first kappa shape index (κ1) is 20.4. The summed E-state index contributed by atoms with van der Waals surface area (Å²) in [5, 5.41) is 3.19. The van der Waals surface area contributed by atoms with Gasteiger partial charge in [-0.1, -0.05) is 39.8 Å². The Morgan fingerprint density at radius 1 is 1.19 bits per heavy atom. The Morgan fingerprint density at radius 2 is 1.96 bits per heavy atom. The quantitative estimate of drug-likeness (QED) is 0.710. The van der Waals surface area contributed by atoms with Crippen molar-refractivity contribution in [2.24, 2.45) is 29.1 Å². The Bertz CT molecular complexity index is 577. The molecule has 0 radical (unpaired) electrons. The molecule has 5 atom stereocenters. The maximum absolute atomic E-state index is 12.9. The number of hydrogen-bond donors (Lipinski definition) is 1. The van der Waals surface area contributed by atoms with Crippen LogP contribution >= 0.6 is 0 Å². The van der Waals surface area contributed by atoms with E-state index in [0.29, 0.717) is 18.4 Å². The number of carbonyl (C=O) groups excluding carboxylic acids is 2. The fourth-order valence-electron chi connectivity index (χ4n) is 4.98. The Labute approximate surface area is 165 Å². The fourth-order valence-corrected chi connectivity index (χ4v) is 4.98. The molecular weight excluding hydrogens is 336 g/mol. The zero-order valence-corrected chi connectivity index (χ0v) is 17.7. The average molecular weight is 375 g/mol. The van der Waals surface area contributed by atoms with Gasteiger partial charge in [-0.05, 0) is 62.2 Å². The largest absolute Gasteiger partial charge is 0.354 e. The zero-order valence-electron chi connectivity index (χ0n) is 17.7. The summed E-state index contributed by atoms with van der Waals surface area (Å²) in [6.45, 7) is 10.2. The van der Waals surface area contributed by atoms with Gasteiger partial charge in [-0.2, -0.15) is 0 Å². The van der Waals surface area contributed by atoms with Crippen molar-refractivity contribution >= 4 is 11.8 Å². The molecule has 4 rings (SSSR count). The molecule has 0 aromatic carbocycles. The van der Waals surface area contributed by atoms with Crippen molar-refractivity contribution in [3.05, 3.63) is 12.2 Å². The second-order valence-corrected chi connectivity index (χ2v) is 10.3. The van der Waals surface area contributed by atoms with Gasteiger partial charge >= 0.3 is 0 Å². The Kier molecular flexibility index (Phi) is 6.32. The highest BCUT2D eigenvalue weighted by atomic mass is 16.2. The Hall–Kier alpha value is -1.32. The van der Waals surface area contributed by atoms with Gasteiger partial charge < -0.3 is 10.2 Å². The van der Waals surface area contributed by atoms with Crippen molar-refractivity contribution in [3.8, 4) is 0 Å². The third-order valence-electron chi connectivity index (χ3n) is 6.83. The normalized spacial score (nSPS) is 31.2. The van der Waals surface area contributed by atoms with Crippen LogP contribution in [0, 0.1) is 29.1 Å². The van der Waals surface area contributed by atoms with Crippen LogP contribution in [0.15, 0.2) is 12.2 Å². The summed E-state index contributed by atoms with van der Waals surface area (Å²) in [5.41, 5.74) is 0.265. The molecular formula is C23H38N2O2. The molecule has 4 nitrogen and oxygen atoms in total. The van der Waals surface area contributed by atoms with Gasteiger partial charge in [-0.15, -0.1) is 0 Å². The molecule has 1 N–H and O–H groups in total. The lowest BCUT2D eigenvalue weighted by Gasteiger charge is -2.37. The summed E-state index contributed by atoms with van der Waals surface area (Å²) in [7, 11) is 0. The minimum atomic E-state index is 0.0692. The molecule has 152 valence electrons. The highest BCUT2D eigenvalue weighted by molar-refractivity contribution is 5.80. The molecule has 2 amide bonds. The van der Waals surface area contributed by atoms with Crippen LogP contribution in [-0.4, -0.2) is 35.8 Å². The van der Waals surface area contributed by atoms with E-state index in [2.05, 4.69) is 45.2 Å². The fraction of sp³-hybridized carbons (Fsp3) is 0.826. The number of fused-ring (bicyclic) bond motifs is 2. The van der Waals surface area contributed by atoms with E-state index in [9.17, 15) is 9.59 Å². The zero-order chi connectivity index (χ0) is 19.6. The third kappa shape index (κ3) is 5.14. The van der Waals surface area contributed by atoms with Crippen LogP contribution in [0.2, 0.25) is 0 Å².